The van der Waals surface area contributed by atoms with Crippen LogP contribution in [0, 0.1) is 30.1 Å². The molecule has 0 radical (unpaired) electrons. The van der Waals surface area contributed by atoms with Crippen LogP contribution in [-0.4, -0.2) is 95.3 Å². The van der Waals surface area contributed by atoms with Crippen LogP contribution in [0.5, 0.6) is 0 Å². The third-order valence-electron chi connectivity index (χ3n) is 9.65. The minimum Gasteiger partial charge on any atom is -0.390 e. The predicted octanol–water partition coefficient (Wildman–Crippen LogP) is 3.13. The van der Waals surface area contributed by atoms with Crippen molar-refractivity contribution in [3.8, 4) is 12.3 Å². The Morgan fingerprint density at radius 2 is 1.62 bits per heavy atom. The van der Waals surface area contributed by atoms with Gasteiger partial charge in [-0.2, -0.15) is 0 Å². The number of nitrogens with one attached hydrogen (secondary N) is 2. The van der Waals surface area contributed by atoms with Crippen molar-refractivity contribution in [1.82, 2.24) is 20.4 Å². The van der Waals surface area contributed by atoms with E-state index in [0.29, 0.717) is 25.3 Å². The van der Waals surface area contributed by atoms with Crippen LogP contribution in [0.1, 0.15) is 83.6 Å². The highest BCUT2D eigenvalue weighted by Crippen LogP contribution is 2.36. The van der Waals surface area contributed by atoms with Crippen LogP contribution in [0.4, 0.5) is 0 Å². The number of benzene rings is 1. The molecule has 4 N–H and O–H groups in total. The first-order valence-corrected chi connectivity index (χ1v) is 17.1. The maximum absolute atomic E-state index is 13.8. The van der Waals surface area contributed by atoms with E-state index in [1.807, 2.05) is 30.3 Å². The Hall–Kier alpha value is -2.93. The van der Waals surface area contributed by atoms with E-state index in [1.165, 1.54) is 6.42 Å². The Balaban J connectivity index is 1.72. The molecule has 2 aliphatic carbocycles. The van der Waals surface area contributed by atoms with Crippen molar-refractivity contribution in [1.29, 1.82) is 0 Å². The molecule has 2 fully saturated rings. The molecule has 0 saturated heterocycles. The Morgan fingerprint density at radius 3 is 2.22 bits per heavy atom. The number of aliphatic hydroxyl groups excluding tert-OH is 2. The minimum atomic E-state index is -1.10. The van der Waals surface area contributed by atoms with Gasteiger partial charge in [0.15, 0.2) is 0 Å². The molecule has 3 amide bonds. The number of nitrogens with zero attached hydrogens (tertiary/aromatic N) is 2. The Bertz CT molecular complexity index is 1090. The molecule has 0 aliphatic heterocycles. The maximum atomic E-state index is 13.8. The number of aliphatic hydroxyl groups is 2. The van der Waals surface area contributed by atoms with Gasteiger partial charge in [0.2, 0.25) is 17.7 Å². The third kappa shape index (κ3) is 12.1. The molecule has 9 heteroatoms. The van der Waals surface area contributed by atoms with Crippen LogP contribution in [0.2, 0.25) is 0 Å². The van der Waals surface area contributed by atoms with E-state index in [4.69, 9.17) is 6.42 Å². The third-order valence-corrected chi connectivity index (χ3v) is 9.65. The van der Waals surface area contributed by atoms with Gasteiger partial charge >= 0.3 is 0 Å². The summed E-state index contributed by atoms with van der Waals surface area (Å²) in [4.78, 5) is 44.6. The van der Waals surface area contributed by atoms with Crippen molar-refractivity contribution in [2.45, 2.75) is 109 Å². The van der Waals surface area contributed by atoms with Gasteiger partial charge < -0.3 is 30.6 Å². The predicted molar refractivity (Wildman–Crippen MR) is 177 cm³/mol. The smallest absolute Gasteiger partial charge is 0.243 e. The number of carbonyl (C=O) groups excluding carboxylic acids is 3. The molecule has 2 saturated carbocycles. The summed E-state index contributed by atoms with van der Waals surface area (Å²) in [6.07, 6.45) is 11.7. The molecule has 2 aliphatic rings. The molecule has 0 bridgehead atoms. The summed E-state index contributed by atoms with van der Waals surface area (Å²) in [5.74, 6) is 1.17. The fraction of sp³-hybridized carbons (Fsp3) is 0.694. The zero-order valence-electron chi connectivity index (χ0n) is 27.6. The van der Waals surface area contributed by atoms with Gasteiger partial charge in [-0.1, -0.05) is 76.3 Å². The molecule has 1 unspecified atom stereocenters. The van der Waals surface area contributed by atoms with Crippen molar-refractivity contribution in [3.05, 3.63) is 35.9 Å². The lowest BCUT2D eigenvalue weighted by Gasteiger charge is -2.33. The number of hydrogen-bond donors (Lipinski definition) is 4. The average molecular weight is 625 g/mol. The second-order valence-corrected chi connectivity index (χ2v) is 13.1. The van der Waals surface area contributed by atoms with Crippen molar-refractivity contribution in [2.24, 2.45) is 17.8 Å². The summed E-state index contributed by atoms with van der Waals surface area (Å²) in [6, 6.07) is 7.85. The topological polar surface area (TPSA) is 122 Å². The minimum absolute atomic E-state index is 0.00350. The first kappa shape index (κ1) is 36.5. The Kier molecular flexibility index (Phi) is 15.3. The van der Waals surface area contributed by atoms with Gasteiger partial charge in [-0.3, -0.25) is 14.4 Å². The molecule has 0 heterocycles. The second kappa shape index (κ2) is 18.9. The maximum Gasteiger partial charge on any atom is 0.243 e. The summed E-state index contributed by atoms with van der Waals surface area (Å²) in [6.45, 7) is 7.27. The molecule has 1 aromatic carbocycles. The summed E-state index contributed by atoms with van der Waals surface area (Å²) < 4.78 is 0. The first-order chi connectivity index (χ1) is 21.7. The Morgan fingerprint density at radius 1 is 0.956 bits per heavy atom. The van der Waals surface area contributed by atoms with Crippen LogP contribution in [0.3, 0.4) is 0 Å². The van der Waals surface area contributed by atoms with E-state index in [9.17, 15) is 24.6 Å². The summed E-state index contributed by atoms with van der Waals surface area (Å²) in [7, 11) is 1.76. The lowest BCUT2D eigenvalue weighted by Crippen LogP contribution is -2.56. The van der Waals surface area contributed by atoms with E-state index in [-0.39, 0.29) is 24.7 Å². The molecular formula is C36H56N4O5. The molecule has 0 aromatic heterocycles. The number of carbonyl (C=O) groups is 3. The number of rotatable bonds is 19. The van der Waals surface area contributed by atoms with Gasteiger partial charge in [-0.15, -0.1) is 12.3 Å². The number of terminal acetylenes is 1. The molecule has 45 heavy (non-hydrogen) atoms. The van der Waals surface area contributed by atoms with Crippen LogP contribution in [-0.2, 0) is 20.8 Å². The summed E-state index contributed by atoms with van der Waals surface area (Å²) in [5.41, 5.74) is 0.916. The van der Waals surface area contributed by atoms with Crippen LogP contribution in [0.25, 0.3) is 0 Å². The standard InChI is InChI=1S/C36H56N4O5/c1-5-14-30(36(45)38-31(24-27-17-12-9-13-18-27)34(43)33(42)28-19-20-28)37-35(44)29(23-26-15-10-8-11-16-26)25-32(41)39(4)21-22-40(6-2)7-3/h1,8,10-11,15-16,27-31,33-34,42-43H,6-7,9,12-14,17-25H2,2-4H3,(H,37,44)(H,38,45)/t29-,30+,31?,33+,34-/m1/s1. The van der Waals surface area contributed by atoms with Gasteiger partial charge in [0.05, 0.1) is 18.1 Å². The lowest BCUT2D eigenvalue weighted by molar-refractivity contribution is -0.137. The van der Waals surface area contributed by atoms with Gasteiger partial charge in [0, 0.05) is 33.0 Å². The van der Waals surface area contributed by atoms with Gasteiger partial charge in [-0.05, 0) is 56.2 Å². The van der Waals surface area contributed by atoms with Gasteiger partial charge in [0.1, 0.15) is 12.1 Å². The van der Waals surface area contributed by atoms with Crippen LogP contribution >= 0.6 is 0 Å². The fourth-order valence-electron chi connectivity index (χ4n) is 6.40. The van der Waals surface area contributed by atoms with Gasteiger partial charge in [0.25, 0.3) is 0 Å². The molecule has 5 atom stereocenters. The summed E-state index contributed by atoms with van der Waals surface area (Å²) in [5, 5.41) is 27.7. The highest BCUT2D eigenvalue weighted by molar-refractivity contribution is 5.91. The van der Waals surface area contributed by atoms with E-state index < -0.39 is 42.0 Å². The largest absolute Gasteiger partial charge is 0.390 e. The Labute approximate surface area is 270 Å². The SMILES string of the molecule is C#CC[C@H](NC(=O)[C@@H](CC(=O)N(C)CCN(CC)CC)Cc1ccccc1)C(=O)NC(CC1CCCCC1)[C@@H](O)[C@@H](O)C1CC1. The van der Waals surface area contributed by atoms with Crippen LogP contribution in [0.15, 0.2) is 30.3 Å². The zero-order valence-corrected chi connectivity index (χ0v) is 27.6. The second-order valence-electron chi connectivity index (χ2n) is 13.1. The highest BCUT2D eigenvalue weighted by atomic mass is 16.3. The lowest BCUT2D eigenvalue weighted by atomic mass is 9.82. The molecule has 3 rings (SSSR count). The zero-order chi connectivity index (χ0) is 32.8. The molecule has 250 valence electrons. The highest BCUT2D eigenvalue weighted by Gasteiger charge is 2.40. The molecule has 9 nitrogen and oxygen atoms in total. The van der Waals surface area contributed by atoms with E-state index >= 15 is 0 Å². The first-order valence-electron chi connectivity index (χ1n) is 17.1. The quantitative estimate of drug-likeness (QED) is 0.176. The molecular weight excluding hydrogens is 568 g/mol. The van der Waals surface area contributed by atoms with E-state index in [2.05, 4.69) is 35.3 Å². The van der Waals surface area contributed by atoms with E-state index in [0.717, 1.165) is 63.7 Å². The molecule has 1 aromatic rings. The van der Waals surface area contributed by atoms with Crippen molar-refractivity contribution in [3.63, 3.8) is 0 Å². The number of amides is 3. The monoisotopic (exact) mass is 624 g/mol. The van der Waals surface area contributed by atoms with Crippen molar-refractivity contribution >= 4 is 17.7 Å². The molecule has 0 spiro atoms. The van der Waals surface area contributed by atoms with Crippen molar-refractivity contribution in [2.75, 3.05) is 33.2 Å². The van der Waals surface area contributed by atoms with Gasteiger partial charge in [-0.25, -0.2) is 0 Å². The average Bonchev–Trinajstić information content (AvgIpc) is 3.90. The van der Waals surface area contributed by atoms with Crippen LogP contribution < -0.4 is 10.6 Å². The van der Waals surface area contributed by atoms with E-state index in [1.54, 1.807) is 11.9 Å². The number of likely N-dealkylation sites (N-methyl/N-ethyl adjacent to an activating group) is 2. The summed E-state index contributed by atoms with van der Waals surface area (Å²) >= 11 is 0. The fourth-order valence-corrected chi connectivity index (χ4v) is 6.40. The normalized spacial score (nSPS) is 18.7. The number of hydrogen-bond acceptors (Lipinski definition) is 6. The van der Waals surface area contributed by atoms with Crippen molar-refractivity contribution < 1.29 is 24.6 Å².